The molecule has 2 aromatic heterocycles. The molecule has 1 atom stereocenters. The number of para-hydroxylation sites is 2. The third-order valence-corrected chi connectivity index (χ3v) is 8.95. The molecule has 8 rings (SSSR count). The van der Waals surface area contributed by atoms with E-state index in [9.17, 15) is 0 Å². The summed E-state index contributed by atoms with van der Waals surface area (Å²) in [7, 11) is 2.50. The highest BCUT2D eigenvalue weighted by Gasteiger charge is 2.40. The number of anilines is 4. The molecule has 4 heteroatoms. The summed E-state index contributed by atoms with van der Waals surface area (Å²) in [6.45, 7) is 8.71. The Morgan fingerprint density at radius 1 is 0.674 bits per heavy atom. The van der Waals surface area contributed by atoms with E-state index < -0.39 is 0 Å². The van der Waals surface area contributed by atoms with Gasteiger partial charge in [0, 0.05) is 36.8 Å². The molecule has 0 aliphatic carbocycles. The molecule has 3 heterocycles. The summed E-state index contributed by atoms with van der Waals surface area (Å²) in [5.41, 5.74) is 13.2. The van der Waals surface area contributed by atoms with Gasteiger partial charge < -0.3 is 14.2 Å². The van der Waals surface area contributed by atoms with Gasteiger partial charge in [-0.2, -0.15) is 4.98 Å². The van der Waals surface area contributed by atoms with E-state index in [1.54, 1.807) is 0 Å². The number of nitrogens with zero attached hydrogens (tertiary/aromatic N) is 3. The van der Waals surface area contributed by atoms with E-state index in [2.05, 4.69) is 159 Å². The fourth-order valence-electron chi connectivity index (χ4n) is 6.80. The van der Waals surface area contributed by atoms with Crippen LogP contribution in [0.1, 0.15) is 53.0 Å². The summed E-state index contributed by atoms with van der Waals surface area (Å²) >= 11 is 0. The number of benzene rings is 5. The molecule has 0 fully saturated rings. The van der Waals surface area contributed by atoms with Gasteiger partial charge in [-0.3, -0.25) is 0 Å². The standard InChI is InChI=1S/C40H33N3O.2CH4.4H2/c1-25-21-22-26(2)35(23-25)43-28(4)42(36-24-34-33-20-11-13-27(3)38(33)44-40(34)41-39(36)43)37-31(29-14-7-5-8-15-29)18-12-19-32(37)30-16-9-6-10-17-30;;;;;;/h5-24,28H,1-4H3;2*1H4;4*1H/t28-;;;;;;/m0....../s1/i;2*1D;4*1+1D. The fourth-order valence-corrected chi connectivity index (χ4v) is 6.80. The lowest BCUT2D eigenvalue weighted by atomic mass is 9.94. The van der Waals surface area contributed by atoms with Gasteiger partial charge in [0.2, 0.25) is 5.71 Å². The first-order valence-corrected chi connectivity index (χ1v) is 15.2. The molecule has 0 saturated carbocycles. The molecule has 238 valence electrons. The van der Waals surface area contributed by atoms with Gasteiger partial charge >= 0.3 is 0 Å². The smallest absolute Gasteiger partial charge is 0.229 e. The zero-order valence-electron chi connectivity index (χ0n) is 37.4. The first-order valence-electron chi connectivity index (χ1n) is 21.2. The number of aromatic nitrogens is 1. The maximum Gasteiger partial charge on any atom is 0.229 e. The van der Waals surface area contributed by atoms with Crippen molar-refractivity contribution in [3.8, 4) is 22.3 Å². The van der Waals surface area contributed by atoms with Crippen LogP contribution in [-0.2, 0) is 0 Å². The van der Waals surface area contributed by atoms with E-state index in [0.29, 0.717) is 5.71 Å². The Bertz CT molecular complexity index is 2160. The third kappa shape index (κ3) is 4.73. The molecule has 0 N–H and O–H groups in total. The highest BCUT2D eigenvalue weighted by atomic mass is 16.3. The predicted molar refractivity (Wildman–Crippen MR) is 205 cm³/mol. The van der Waals surface area contributed by atoms with Crippen LogP contribution in [-0.4, -0.2) is 11.1 Å². The Morgan fingerprint density at radius 2 is 1.30 bits per heavy atom. The number of pyridine rings is 1. The van der Waals surface area contributed by atoms with Crippen LogP contribution in [0.5, 0.6) is 0 Å². The largest absolute Gasteiger partial charge is 0.437 e. The Morgan fingerprint density at radius 3 is 1.96 bits per heavy atom. The molecular weight excluding hydrogens is 562 g/mol. The highest BCUT2D eigenvalue weighted by molar-refractivity contribution is 6.09. The average Bonchev–Trinajstić information content (AvgIpc) is 3.79. The van der Waals surface area contributed by atoms with Gasteiger partial charge in [0.15, 0.2) is 5.82 Å². The maximum absolute atomic E-state index is 6.45. The quantitative estimate of drug-likeness (QED) is 0.196. The summed E-state index contributed by atoms with van der Waals surface area (Å²) in [5, 5.41) is 2.12. The fraction of sp³-hybridized carbons (Fsp3) is 0.167. The van der Waals surface area contributed by atoms with Gasteiger partial charge in [0.05, 0.1) is 16.8 Å². The van der Waals surface area contributed by atoms with Gasteiger partial charge in [0.25, 0.3) is 0 Å². The average molecular weight is 622 g/mol. The van der Waals surface area contributed by atoms with Crippen LogP contribution in [0.2, 0.25) is 0 Å². The number of furan rings is 1. The van der Waals surface area contributed by atoms with Gasteiger partial charge in [0.1, 0.15) is 11.7 Å². The summed E-state index contributed by atoms with van der Waals surface area (Å²) in [4.78, 5) is 10.2. The second-order valence-corrected chi connectivity index (χ2v) is 11.8. The van der Waals surface area contributed by atoms with Gasteiger partial charge in [-0.25, -0.2) is 0 Å². The molecular formula is C42H49N3O. The Kier molecular flexibility index (Phi) is 6.18. The zero-order valence-corrected chi connectivity index (χ0v) is 27.4. The summed E-state index contributed by atoms with van der Waals surface area (Å²) in [5.74, 6) is 0.900. The van der Waals surface area contributed by atoms with E-state index in [1.165, 1.54) is 48.2 Å². The molecule has 4 nitrogen and oxygen atoms in total. The second kappa shape index (κ2) is 11.9. The van der Waals surface area contributed by atoms with Crippen molar-refractivity contribution >= 4 is 44.9 Å². The minimum atomic E-state index is -0.0650. The molecule has 0 bridgehead atoms. The maximum atomic E-state index is 6.45. The van der Waals surface area contributed by atoms with Crippen molar-refractivity contribution < 1.29 is 19.0 Å². The predicted octanol–water partition coefficient (Wildman–Crippen LogP) is 13.1. The number of hydrogen-bond acceptors (Lipinski definition) is 4. The van der Waals surface area contributed by atoms with Crippen molar-refractivity contribution in [2.45, 2.75) is 48.7 Å². The summed E-state index contributed by atoms with van der Waals surface area (Å²) in [6, 6.07) is 43.3. The highest BCUT2D eigenvalue weighted by Crippen LogP contribution is 2.53. The molecule has 0 saturated heterocycles. The molecule has 0 spiro atoms. The van der Waals surface area contributed by atoms with Crippen LogP contribution >= 0.6 is 0 Å². The first kappa shape index (κ1) is 24.0. The van der Waals surface area contributed by atoms with Gasteiger partial charge in [-0.05, 0) is 67.6 Å². The molecule has 1 aliphatic rings. The lowest BCUT2D eigenvalue weighted by Crippen LogP contribution is -2.36. The first-order chi connectivity index (χ1) is 27.5. The van der Waals surface area contributed by atoms with Crippen LogP contribution < -0.4 is 9.80 Å². The minimum absolute atomic E-state index is 0.0650. The van der Waals surface area contributed by atoms with Crippen molar-refractivity contribution in [1.82, 2.24) is 4.98 Å². The number of hydrogen-bond donors (Lipinski definition) is 0. The monoisotopic (exact) mass is 621 g/mol. The van der Waals surface area contributed by atoms with E-state index in [-0.39, 0.29) is 6.17 Å². The van der Waals surface area contributed by atoms with Crippen molar-refractivity contribution in [3.05, 3.63) is 138 Å². The summed E-state index contributed by atoms with van der Waals surface area (Å²) in [6.07, 6.45) is -0.0650. The van der Waals surface area contributed by atoms with Crippen molar-refractivity contribution in [1.29, 1.82) is 0 Å². The molecule has 46 heavy (non-hydrogen) atoms. The molecule has 7 aromatic rings. The normalized spacial score (nSPS) is 14.9. The van der Waals surface area contributed by atoms with Crippen molar-refractivity contribution in [2.24, 2.45) is 0 Å². The van der Waals surface area contributed by atoms with Gasteiger partial charge in [-0.15, -0.1) is 0 Å². The van der Waals surface area contributed by atoms with Crippen LogP contribution in [0, 0.1) is 20.8 Å². The topological polar surface area (TPSA) is 32.5 Å². The number of fused-ring (bicyclic) bond motifs is 4. The lowest BCUT2D eigenvalue weighted by Gasteiger charge is -2.33. The van der Waals surface area contributed by atoms with Crippen LogP contribution in [0.4, 0.5) is 22.9 Å². The Hall–Kier alpha value is -5.35. The Labute approximate surface area is 287 Å². The Balaban J connectivity index is 0.000000829. The molecule has 5 aromatic carbocycles. The third-order valence-electron chi connectivity index (χ3n) is 8.95. The van der Waals surface area contributed by atoms with E-state index in [1.807, 2.05) is 0 Å². The molecule has 0 radical (unpaired) electrons. The van der Waals surface area contributed by atoms with Crippen LogP contribution in [0.15, 0.2) is 126 Å². The number of rotatable bonds is 4. The van der Waals surface area contributed by atoms with Crippen molar-refractivity contribution in [2.75, 3.05) is 9.80 Å². The van der Waals surface area contributed by atoms with E-state index in [4.69, 9.17) is 24.0 Å². The lowest BCUT2D eigenvalue weighted by molar-refractivity contribution is 0.650. The molecule has 1 aliphatic heterocycles. The van der Waals surface area contributed by atoms with E-state index in [0.717, 1.165) is 44.8 Å². The van der Waals surface area contributed by atoms with E-state index >= 15 is 0 Å². The molecule has 0 amide bonds. The van der Waals surface area contributed by atoms with Gasteiger partial charge in [-0.1, -0.05) is 124 Å². The number of aryl methyl sites for hydroxylation is 3. The molecule has 0 unspecified atom stereocenters. The van der Waals surface area contributed by atoms with Crippen molar-refractivity contribution in [3.63, 3.8) is 0 Å². The SMILES string of the molecule is Cc1ccc(C)c(N2c3nc4oc5c(C)cccc5c4cc3N(c3c(-c4ccccc4)cccc3-c3ccccc3)[C@@H]2C)c1.[2H]C.[2H]C.[2H][2H].[2H][2H].[2H][2H].[2H][2H]. The minimum Gasteiger partial charge on any atom is -0.437 e. The van der Waals surface area contributed by atoms with Crippen LogP contribution in [0.25, 0.3) is 44.3 Å². The van der Waals surface area contributed by atoms with Crippen LogP contribution in [0.3, 0.4) is 0 Å². The zero-order chi connectivity index (χ0) is 41.9. The second-order valence-electron chi connectivity index (χ2n) is 11.8. The summed E-state index contributed by atoms with van der Waals surface area (Å²) < 4.78 is 58.0.